The quantitative estimate of drug-likeness (QED) is 0.442. The Morgan fingerprint density at radius 3 is 2.66 bits per heavy atom. The van der Waals surface area contributed by atoms with E-state index in [0.717, 1.165) is 60.4 Å². The number of rotatable bonds is 9. The number of nitrogens with two attached hydrogens (primary N) is 1. The molecule has 0 saturated carbocycles. The molecule has 3 aromatic carbocycles. The molecule has 2 fully saturated rings. The number of hydrogen-bond acceptors (Lipinski definition) is 6. The van der Waals surface area contributed by atoms with Gasteiger partial charge in [-0.25, -0.2) is 0 Å². The summed E-state index contributed by atoms with van der Waals surface area (Å²) in [4.78, 5) is 13.1. The van der Waals surface area contributed by atoms with Crippen LogP contribution in [0.4, 0.5) is 5.69 Å². The minimum absolute atomic E-state index is 0.0269. The van der Waals surface area contributed by atoms with Crippen molar-refractivity contribution in [2.24, 2.45) is 5.73 Å². The minimum atomic E-state index is -0.0276. The van der Waals surface area contributed by atoms with Crippen LogP contribution in [-0.4, -0.2) is 31.8 Å². The third-order valence-corrected chi connectivity index (χ3v) is 7.04. The topological polar surface area (TPSA) is 74.0 Å². The van der Waals surface area contributed by atoms with Gasteiger partial charge >= 0.3 is 0 Å². The largest absolute Gasteiger partial charge is 0.488 e. The van der Waals surface area contributed by atoms with Crippen molar-refractivity contribution in [1.29, 1.82) is 0 Å². The van der Waals surface area contributed by atoms with Gasteiger partial charge in [-0.05, 0) is 65.9 Å². The normalized spacial score (nSPS) is 19.9. The molecule has 2 unspecified atom stereocenters. The molecule has 0 aliphatic carbocycles. The smallest absolute Gasteiger partial charge is 0.293 e. The SMILES string of the molecule is CC(N)c1cccc(-c2cc(COc3ccccc3COC=O)cc(N3CCC4(CCO4)C3)c2)c1. The molecule has 5 rings (SSSR count). The fourth-order valence-corrected chi connectivity index (χ4v) is 4.93. The first-order valence-corrected chi connectivity index (χ1v) is 12.2. The predicted octanol–water partition coefficient (Wildman–Crippen LogP) is 4.99. The Morgan fingerprint density at radius 1 is 1.06 bits per heavy atom. The number of anilines is 1. The zero-order chi connectivity index (χ0) is 24.3. The number of benzene rings is 3. The fraction of sp³-hybridized carbons (Fsp3) is 0.345. The molecule has 6 heteroatoms. The van der Waals surface area contributed by atoms with Gasteiger partial charge in [0.2, 0.25) is 0 Å². The second-order valence-corrected chi connectivity index (χ2v) is 9.56. The summed E-state index contributed by atoms with van der Waals surface area (Å²) in [6.07, 6.45) is 2.20. The van der Waals surface area contributed by atoms with Crippen LogP contribution >= 0.6 is 0 Å². The summed E-state index contributed by atoms with van der Waals surface area (Å²) in [5, 5.41) is 0. The first kappa shape index (κ1) is 23.4. The van der Waals surface area contributed by atoms with Crippen molar-refractivity contribution in [3.63, 3.8) is 0 Å². The third-order valence-electron chi connectivity index (χ3n) is 7.04. The number of ether oxygens (including phenoxy) is 3. The highest BCUT2D eigenvalue weighted by Crippen LogP contribution is 2.39. The van der Waals surface area contributed by atoms with Gasteiger partial charge in [0.1, 0.15) is 19.0 Å². The molecule has 1 spiro atoms. The molecule has 2 aliphatic rings. The van der Waals surface area contributed by atoms with Gasteiger partial charge in [-0.2, -0.15) is 0 Å². The average molecular weight is 473 g/mol. The molecule has 3 aromatic rings. The van der Waals surface area contributed by atoms with Crippen molar-refractivity contribution in [2.45, 2.75) is 44.6 Å². The average Bonchev–Trinajstić information content (AvgIpc) is 3.33. The van der Waals surface area contributed by atoms with Gasteiger partial charge in [0.15, 0.2) is 0 Å². The van der Waals surface area contributed by atoms with Gasteiger partial charge in [0.25, 0.3) is 6.47 Å². The van der Waals surface area contributed by atoms with Crippen molar-refractivity contribution < 1.29 is 19.0 Å². The van der Waals surface area contributed by atoms with Crippen LogP contribution in [0, 0.1) is 0 Å². The molecule has 0 amide bonds. The molecule has 2 N–H and O–H groups in total. The predicted molar refractivity (Wildman–Crippen MR) is 136 cm³/mol. The summed E-state index contributed by atoms with van der Waals surface area (Å²) in [6.45, 7) is 5.81. The number of carbonyl (C=O) groups excluding carboxylic acids is 1. The molecule has 2 aliphatic heterocycles. The summed E-state index contributed by atoms with van der Waals surface area (Å²) in [6, 6.07) is 22.7. The van der Waals surface area contributed by atoms with Crippen molar-refractivity contribution >= 4 is 12.2 Å². The fourth-order valence-electron chi connectivity index (χ4n) is 4.93. The van der Waals surface area contributed by atoms with E-state index in [1.807, 2.05) is 31.2 Å². The highest BCUT2D eigenvalue weighted by atomic mass is 16.5. The van der Waals surface area contributed by atoms with E-state index in [1.54, 1.807) is 0 Å². The Hall–Kier alpha value is -3.35. The van der Waals surface area contributed by atoms with E-state index in [2.05, 4.69) is 47.4 Å². The maximum absolute atomic E-state index is 10.7. The van der Waals surface area contributed by atoms with Crippen molar-refractivity contribution in [3.05, 3.63) is 83.4 Å². The molecular weight excluding hydrogens is 440 g/mol. The molecule has 0 bridgehead atoms. The van der Waals surface area contributed by atoms with Crippen LogP contribution in [0.1, 0.15) is 42.5 Å². The van der Waals surface area contributed by atoms with Crippen LogP contribution in [0.2, 0.25) is 0 Å². The molecule has 0 aromatic heterocycles. The summed E-state index contributed by atoms with van der Waals surface area (Å²) < 4.78 is 17.1. The zero-order valence-corrected chi connectivity index (χ0v) is 20.1. The third kappa shape index (κ3) is 5.19. The Bertz CT molecular complexity index is 1190. The second kappa shape index (κ2) is 10.1. The molecule has 2 saturated heterocycles. The lowest BCUT2D eigenvalue weighted by atomic mass is 9.94. The monoisotopic (exact) mass is 472 g/mol. The Kier molecular flexibility index (Phi) is 6.75. The first-order valence-electron chi connectivity index (χ1n) is 12.2. The number of carbonyl (C=O) groups is 1. The van der Waals surface area contributed by atoms with Crippen LogP contribution in [0.5, 0.6) is 5.75 Å². The minimum Gasteiger partial charge on any atom is -0.488 e. The molecular formula is C29H32N2O4. The van der Waals surface area contributed by atoms with Crippen LogP contribution in [0.3, 0.4) is 0 Å². The maximum atomic E-state index is 10.7. The summed E-state index contributed by atoms with van der Waals surface area (Å²) in [5.74, 6) is 0.711. The highest BCUT2D eigenvalue weighted by molar-refractivity contribution is 5.71. The summed E-state index contributed by atoms with van der Waals surface area (Å²) in [5.41, 5.74) is 12.7. The van der Waals surface area contributed by atoms with E-state index in [-0.39, 0.29) is 18.2 Å². The summed E-state index contributed by atoms with van der Waals surface area (Å²) >= 11 is 0. The van der Waals surface area contributed by atoms with Crippen LogP contribution < -0.4 is 15.4 Å². The highest BCUT2D eigenvalue weighted by Gasteiger charge is 2.44. The lowest BCUT2D eigenvalue weighted by Crippen LogP contribution is -2.45. The van der Waals surface area contributed by atoms with Crippen molar-refractivity contribution in [1.82, 2.24) is 0 Å². The van der Waals surface area contributed by atoms with E-state index in [9.17, 15) is 4.79 Å². The van der Waals surface area contributed by atoms with Crippen molar-refractivity contribution in [3.8, 4) is 16.9 Å². The lowest BCUT2D eigenvalue weighted by molar-refractivity contribution is -0.130. The Labute approximate surface area is 206 Å². The number of hydrogen-bond donors (Lipinski definition) is 1. The maximum Gasteiger partial charge on any atom is 0.293 e. The Balaban J connectivity index is 1.44. The van der Waals surface area contributed by atoms with E-state index >= 15 is 0 Å². The molecule has 2 heterocycles. The number of para-hydroxylation sites is 1. The first-order chi connectivity index (χ1) is 17.0. The Morgan fingerprint density at radius 2 is 1.91 bits per heavy atom. The van der Waals surface area contributed by atoms with E-state index in [1.165, 1.54) is 5.69 Å². The van der Waals surface area contributed by atoms with E-state index in [0.29, 0.717) is 18.8 Å². The van der Waals surface area contributed by atoms with E-state index in [4.69, 9.17) is 19.9 Å². The van der Waals surface area contributed by atoms with Gasteiger partial charge in [-0.3, -0.25) is 4.79 Å². The molecule has 6 nitrogen and oxygen atoms in total. The molecule has 2 atom stereocenters. The van der Waals surface area contributed by atoms with Crippen LogP contribution in [-0.2, 0) is 27.5 Å². The zero-order valence-electron chi connectivity index (χ0n) is 20.1. The van der Waals surface area contributed by atoms with Crippen molar-refractivity contribution in [2.75, 3.05) is 24.6 Å². The van der Waals surface area contributed by atoms with Crippen LogP contribution in [0.25, 0.3) is 11.1 Å². The van der Waals surface area contributed by atoms with Gasteiger partial charge in [0.05, 0.1) is 12.2 Å². The van der Waals surface area contributed by atoms with E-state index < -0.39 is 0 Å². The van der Waals surface area contributed by atoms with Gasteiger partial charge in [-0.15, -0.1) is 0 Å². The van der Waals surface area contributed by atoms with Crippen LogP contribution in [0.15, 0.2) is 66.7 Å². The second-order valence-electron chi connectivity index (χ2n) is 9.56. The summed E-state index contributed by atoms with van der Waals surface area (Å²) in [7, 11) is 0. The lowest BCUT2D eigenvalue weighted by Gasteiger charge is -2.38. The van der Waals surface area contributed by atoms with Gasteiger partial charge in [0, 0.05) is 36.8 Å². The number of nitrogens with zero attached hydrogens (tertiary/aromatic N) is 1. The molecule has 0 radical (unpaired) electrons. The molecule has 182 valence electrons. The van der Waals surface area contributed by atoms with Gasteiger partial charge in [-0.1, -0.05) is 36.4 Å². The standard InChI is InChI=1S/C29H32N2O4/c1-21(30)23-6-4-7-24(15-23)26-13-22(17-34-28-8-3-2-5-25(28)18-33-20-32)14-27(16-26)31-11-9-29(19-31)10-12-35-29/h2-8,13-16,20-21H,9-12,17-19,30H2,1H3. The van der Waals surface area contributed by atoms with Gasteiger partial charge < -0.3 is 24.8 Å². The molecule has 35 heavy (non-hydrogen) atoms.